The lowest BCUT2D eigenvalue weighted by atomic mass is 9.86. The standard InChI is InChI=1S/C20H27N5O6.C7H12O3.CHN.CH4O/c1-3-28-19(26)17-16(8-9-24(17)2)31-20(27)29-10-12-4-7-15(30-12)13-5-6-14-18(21)22-11-23-25(13)14;1-7(2,3-4-8)5-6(9)10;2*1-2/h5-6,11-12,15-17H,3-4,7-10H2,1-2H3,(H2,21,22,23);4H,3,5H2,1-2H3,(H,9,10);1H;2H,1H3. The zero-order valence-electron chi connectivity index (χ0n) is 26.3. The number of nitrogen functional groups attached to an aromatic ring is 1. The van der Waals surface area contributed by atoms with Gasteiger partial charge in [-0.3, -0.25) is 14.5 Å². The quantitative estimate of drug-likeness (QED) is 0.251. The lowest BCUT2D eigenvalue weighted by Gasteiger charge is -2.22. The Hall–Kier alpha value is -4.33. The molecule has 0 aromatic carbocycles. The fourth-order valence-electron chi connectivity index (χ4n) is 4.88. The topological polar surface area (TPSA) is 229 Å². The second-order valence-corrected chi connectivity index (χ2v) is 10.8. The van der Waals surface area contributed by atoms with Crippen LogP contribution in [0.25, 0.3) is 5.52 Å². The zero-order chi connectivity index (χ0) is 34.2. The van der Waals surface area contributed by atoms with Crippen molar-refractivity contribution in [1.82, 2.24) is 19.5 Å². The van der Waals surface area contributed by atoms with Crippen molar-refractivity contribution in [2.45, 2.75) is 77.2 Å². The van der Waals surface area contributed by atoms with Crippen LogP contribution in [0.1, 0.15) is 64.7 Å². The summed E-state index contributed by atoms with van der Waals surface area (Å²) in [5, 5.41) is 26.1. The molecule has 0 saturated carbocycles. The molecule has 0 spiro atoms. The molecule has 0 aliphatic carbocycles. The highest BCUT2D eigenvalue weighted by atomic mass is 16.7. The van der Waals surface area contributed by atoms with Gasteiger partial charge < -0.3 is 39.7 Å². The number of carbonyl (C=O) groups is 4. The number of rotatable bonds is 10. The van der Waals surface area contributed by atoms with E-state index in [1.165, 1.54) is 6.33 Å². The van der Waals surface area contributed by atoms with Crippen molar-refractivity contribution in [1.29, 1.82) is 5.26 Å². The van der Waals surface area contributed by atoms with Gasteiger partial charge in [0.2, 0.25) is 0 Å². The van der Waals surface area contributed by atoms with Crippen LogP contribution in [0.4, 0.5) is 10.6 Å². The molecule has 2 fully saturated rings. The van der Waals surface area contributed by atoms with Gasteiger partial charge in [0.05, 0.1) is 24.8 Å². The molecule has 4 N–H and O–H groups in total. The van der Waals surface area contributed by atoms with Crippen molar-refractivity contribution in [3.05, 3.63) is 24.2 Å². The summed E-state index contributed by atoms with van der Waals surface area (Å²) in [5.41, 5.74) is 7.09. The van der Waals surface area contributed by atoms with Crippen molar-refractivity contribution in [2.75, 3.05) is 39.6 Å². The first-order chi connectivity index (χ1) is 21.5. The Balaban J connectivity index is 0.000000615. The van der Waals surface area contributed by atoms with E-state index in [-0.39, 0.29) is 31.8 Å². The number of nitrogens with zero attached hydrogens (tertiary/aromatic N) is 5. The van der Waals surface area contributed by atoms with E-state index in [1.54, 1.807) is 32.3 Å². The lowest BCUT2D eigenvalue weighted by molar-refractivity contribution is -0.151. The molecule has 0 bridgehead atoms. The van der Waals surface area contributed by atoms with Crippen LogP contribution in [0.5, 0.6) is 0 Å². The maximum absolute atomic E-state index is 12.2. The number of ether oxygens (including phenoxy) is 4. The minimum atomic E-state index is -0.855. The number of aliphatic hydroxyl groups is 1. The second-order valence-electron chi connectivity index (χ2n) is 10.8. The van der Waals surface area contributed by atoms with E-state index in [2.05, 4.69) is 16.7 Å². The van der Waals surface area contributed by atoms with Gasteiger partial charge in [0, 0.05) is 26.6 Å². The molecule has 250 valence electrons. The number of likely N-dealkylation sites (N-methyl/N-ethyl adjacent to an activating group) is 1. The summed E-state index contributed by atoms with van der Waals surface area (Å²) in [5.74, 6) is -0.849. The number of nitriles is 1. The highest BCUT2D eigenvalue weighted by Crippen LogP contribution is 2.34. The number of aromatic nitrogens is 3. The molecular weight excluding hydrogens is 592 g/mol. The third kappa shape index (κ3) is 11.6. The van der Waals surface area contributed by atoms with Crippen molar-refractivity contribution in [3.8, 4) is 6.57 Å². The number of carboxylic acids is 1. The van der Waals surface area contributed by atoms with E-state index >= 15 is 0 Å². The largest absolute Gasteiger partial charge is 0.508 e. The fourth-order valence-corrected chi connectivity index (χ4v) is 4.88. The predicted octanol–water partition coefficient (Wildman–Crippen LogP) is 2.15. The van der Waals surface area contributed by atoms with Crippen LogP contribution in [-0.2, 0) is 33.3 Å². The molecule has 16 heteroatoms. The van der Waals surface area contributed by atoms with Gasteiger partial charge in [0.25, 0.3) is 0 Å². The van der Waals surface area contributed by atoms with Crippen LogP contribution in [-0.4, -0.2) is 106 Å². The minimum Gasteiger partial charge on any atom is -0.481 e. The van der Waals surface area contributed by atoms with Crippen LogP contribution < -0.4 is 5.73 Å². The molecule has 16 nitrogen and oxygen atoms in total. The molecular formula is C29H44N6O10. The van der Waals surface area contributed by atoms with Gasteiger partial charge in [0.15, 0.2) is 5.82 Å². The van der Waals surface area contributed by atoms with Crippen molar-refractivity contribution < 1.29 is 48.3 Å². The molecule has 45 heavy (non-hydrogen) atoms. The van der Waals surface area contributed by atoms with Gasteiger partial charge in [-0.05, 0) is 50.8 Å². The number of aliphatic hydroxyl groups excluding tert-OH is 1. The third-order valence-corrected chi connectivity index (χ3v) is 6.97. The Morgan fingerprint density at radius 2 is 1.89 bits per heavy atom. The molecule has 2 aliphatic rings. The Labute approximate surface area is 262 Å². The number of carboxylic acid groups (broad SMARTS) is 1. The van der Waals surface area contributed by atoms with Gasteiger partial charge >= 0.3 is 18.1 Å². The highest BCUT2D eigenvalue weighted by molar-refractivity contribution is 5.77. The van der Waals surface area contributed by atoms with Gasteiger partial charge in [-0.15, -0.1) is 0 Å². The first-order valence-electron chi connectivity index (χ1n) is 14.3. The summed E-state index contributed by atoms with van der Waals surface area (Å²) in [6.07, 6.45) is 2.70. The summed E-state index contributed by atoms with van der Waals surface area (Å²) in [6.45, 7) is 9.74. The first-order valence-corrected chi connectivity index (χ1v) is 14.3. The molecule has 0 radical (unpaired) electrons. The molecule has 2 aliphatic heterocycles. The summed E-state index contributed by atoms with van der Waals surface area (Å²) >= 11 is 0. The van der Waals surface area contributed by atoms with Crippen molar-refractivity contribution >= 4 is 35.7 Å². The van der Waals surface area contributed by atoms with Crippen LogP contribution in [0.2, 0.25) is 0 Å². The Morgan fingerprint density at radius 1 is 1.20 bits per heavy atom. The van der Waals surface area contributed by atoms with Crippen LogP contribution in [0, 0.1) is 17.2 Å². The number of hydrogen-bond acceptors (Lipinski definition) is 14. The normalized spacial score (nSPS) is 20.7. The van der Waals surface area contributed by atoms with E-state index in [9.17, 15) is 19.2 Å². The first kappa shape index (κ1) is 38.7. The zero-order valence-corrected chi connectivity index (χ0v) is 26.3. The van der Waals surface area contributed by atoms with Crippen LogP contribution in [0.15, 0.2) is 18.5 Å². The molecule has 4 atom stereocenters. The van der Waals surface area contributed by atoms with Crippen molar-refractivity contribution in [3.63, 3.8) is 0 Å². The maximum Gasteiger partial charge on any atom is 0.508 e. The number of hydrogen-bond donors (Lipinski definition) is 3. The SMILES string of the molecule is C#N.CC(C)(CC=O)CC(=O)O.CCOC(=O)C1C(OC(=O)OCC2CCC(c3ccc4c(N)ncnn34)O2)CCN1C.CO. The molecule has 2 saturated heterocycles. The summed E-state index contributed by atoms with van der Waals surface area (Å²) in [7, 11) is 2.80. The van der Waals surface area contributed by atoms with E-state index < -0.39 is 35.7 Å². The van der Waals surface area contributed by atoms with E-state index in [4.69, 9.17) is 40.2 Å². The number of nitrogens with two attached hydrogens (primary N) is 1. The summed E-state index contributed by atoms with van der Waals surface area (Å²) in [6, 6.07) is 3.15. The number of likely N-dealkylation sites (tertiary alicyclic amines) is 1. The molecule has 4 unspecified atom stereocenters. The average Bonchev–Trinajstić information content (AvgIpc) is 3.73. The van der Waals surface area contributed by atoms with Gasteiger partial charge in [-0.1, -0.05) is 13.8 Å². The van der Waals surface area contributed by atoms with E-state index in [0.717, 1.165) is 37.4 Å². The number of fused-ring (bicyclic) bond motifs is 1. The Kier molecular flexibility index (Phi) is 16.5. The van der Waals surface area contributed by atoms with Gasteiger partial charge in [-0.25, -0.2) is 19.6 Å². The smallest absolute Gasteiger partial charge is 0.481 e. The number of esters is 1. The fraction of sp³-hybridized carbons (Fsp3) is 0.621. The molecule has 4 heterocycles. The van der Waals surface area contributed by atoms with E-state index in [0.29, 0.717) is 25.2 Å². The summed E-state index contributed by atoms with van der Waals surface area (Å²) < 4.78 is 23.5. The van der Waals surface area contributed by atoms with Gasteiger partial charge in [0.1, 0.15) is 43.0 Å². The monoisotopic (exact) mass is 636 g/mol. The Bertz CT molecular complexity index is 1270. The maximum atomic E-state index is 12.2. The molecule has 4 rings (SSSR count). The van der Waals surface area contributed by atoms with Crippen molar-refractivity contribution in [2.24, 2.45) is 5.41 Å². The molecule has 0 amide bonds. The summed E-state index contributed by atoms with van der Waals surface area (Å²) in [4.78, 5) is 50.3. The number of aldehydes is 1. The average molecular weight is 637 g/mol. The minimum absolute atomic E-state index is 0.0474. The number of anilines is 1. The predicted molar refractivity (Wildman–Crippen MR) is 160 cm³/mol. The Morgan fingerprint density at radius 3 is 2.51 bits per heavy atom. The molecule has 2 aromatic heterocycles. The van der Waals surface area contributed by atoms with Crippen LogP contribution >= 0.6 is 0 Å². The molecule has 2 aromatic rings. The number of carbonyl (C=O) groups excluding carboxylic acids is 3. The third-order valence-electron chi connectivity index (χ3n) is 6.97. The van der Waals surface area contributed by atoms with Crippen LogP contribution in [0.3, 0.4) is 0 Å². The number of aliphatic carboxylic acids is 1. The lowest BCUT2D eigenvalue weighted by Crippen LogP contribution is -2.43. The van der Waals surface area contributed by atoms with E-state index in [1.807, 2.05) is 17.0 Å². The van der Waals surface area contributed by atoms with Gasteiger partial charge in [-0.2, -0.15) is 5.10 Å². The highest BCUT2D eigenvalue weighted by Gasteiger charge is 2.41. The second kappa shape index (κ2) is 19.1.